The van der Waals surface area contributed by atoms with Crippen molar-refractivity contribution in [2.24, 2.45) is 29.6 Å². The number of piperidine rings is 1. The van der Waals surface area contributed by atoms with Crippen LogP contribution < -0.4 is 20.7 Å². The Morgan fingerprint density at radius 2 is 1.16 bits per heavy atom. The van der Waals surface area contributed by atoms with Gasteiger partial charge in [0.05, 0.1) is 20.1 Å². The van der Waals surface area contributed by atoms with Crippen LogP contribution in [0.2, 0.25) is 0 Å². The maximum absolute atomic E-state index is 15.6. The van der Waals surface area contributed by atoms with Crippen molar-refractivity contribution in [3.8, 4) is 5.75 Å². The predicted molar refractivity (Wildman–Crippen MR) is 340 cm³/mol. The number of likely N-dealkylation sites (tertiary alicyclic amines) is 1. The Bertz CT molecular complexity index is 2770. The van der Waals surface area contributed by atoms with Gasteiger partial charge in [0, 0.05) is 54.7 Å². The molecule has 91 heavy (non-hydrogen) atoms. The van der Waals surface area contributed by atoms with Crippen LogP contribution in [0, 0.1) is 29.6 Å². The first-order valence-corrected chi connectivity index (χ1v) is 32.3. The highest BCUT2D eigenvalue weighted by molar-refractivity contribution is 6.00. The number of cyclic esters (lactones) is 1. The van der Waals surface area contributed by atoms with Crippen molar-refractivity contribution in [3.05, 3.63) is 29.8 Å². The zero-order valence-electron chi connectivity index (χ0n) is 57.7. The zero-order chi connectivity index (χ0) is 68.8. The van der Waals surface area contributed by atoms with Crippen molar-refractivity contribution >= 4 is 71.0 Å². The summed E-state index contributed by atoms with van der Waals surface area (Å²) < 4.78 is 16.9. The topological polar surface area (TPSA) is 291 Å². The lowest BCUT2D eigenvalue weighted by atomic mass is 9.92. The average Bonchev–Trinajstić information content (AvgIpc) is 1.34. The predicted octanol–water partition coefficient (Wildman–Crippen LogP) is 3.57. The molecule has 0 spiro atoms. The lowest BCUT2D eigenvalue weighted by Crippen LogP contribution is -2.63. The molecule has 4 rings (SSSR count). The van der Waals surface area contributed by atoms with E-state index in [-0.39, 0.29) is 32.4 Å². The first-order chi connectivity index (χ1) is 42.5. The van der Waals surface area contributed by atoms with Crippen molar-refractivity contribution in [3.63, 3.8) is 0 Å². The average molecular weight is 1280 g/mol. The maximum atomic E-state index is 15.6. The summed E-state index contributed by atoms with van der Waals surface area (Å²) in [5, 5.41) is 8.33. The molecule has 510 valence electrons. The van der Waals surface area contributed by atoms with E-state index in [0.717, 1.165) is 9.80 Å². The van der Waals surface area contributed by atoms with E-state index < -0.39 is 180 Å². The van der Waals surface area contributed by atoms with Gasteiger partial charge in [0.2, 0.25) is 53.2 Å². The third-order valence-electron chi connectivity index (χ3n) is 18.1. The minimum atomic E-state index is -1.65. The van der Waals surface area contributed by atoms with Gasteiger partial charge in [-0.05, 0) is 107 Å². The highest BCUT2D eigenvalue weighted by atomic mass is 16.6. The first-order valence-electron chi connectivity index (χ1n) is 32.3. The van der Waals surface area contributed by atoms with E-state index in [2.05, 4.69) is 16.0 Å². The first kappa shape index (κ1) is 76.1. The number of hydrogen-bond acceptors (Lipinski definition) is 15. The Balaban J connectivity index is 1.93. The quantitative estimate of drug-likeness (QED) is 0.238. The van der Waals surface area contributed by atoms with Crippen LogP contribution in [0.15, 0.2) is 24.3 Å². The maximum Gasteiger partial charge on any atom is 0.329 e. The molecule has 1 aromatic carbocycles. The van der Waals surface area contributed by atoms with E-state index in [4.69, 9.17) is 14.2 Å². The van der Waals surface area contributed by atoms with E-state index in [1.807, 2.05) is 13.8 Å². The van der Waals surface area contributed by atoms with Crippen LogP contribution in [0.1, 0.15) is 154 Å². The van der Waals surface area contributed by atoms with Gasteiger partial charge in [-0.3, -0.25) is 47.9 Å². The fraction of sp³-hybridized carbons (Fsp3) is 0.727. The highest BCUT2D eigenvalue weighted by Gasteiger charge is 2.47. The van der Waals surface area contributed by atoms with Gasteiger partial charge in [0.25, 0.3) is 5.91 Å². The normalized spacial score (nSPS) is 26.8. The number of methoxy groups -OCH3 is 1. The minimum Gasteiger partial charge on any atom is -0.497 e. The van der Waals surface area contributed by atoms with E-state index in [1.165, 1.54) is 73.8 Å². The Labute approximate surface area is 539 Å². The third kappa shape index (κ3) is 19.1. The molecule has 3 fully saturated rings. The largest absolute Gasteiger partial charge is 0.497 e. The summed E-state index contributed by atoms with van der Waals surface area (Å²) >= 11 is 0. The number of nitrogens with one attached hydrogen (secondary N) is 3. The molecule has 3 N–H and O–H groups in total. The summed E-state index contributed by atoms with van der Waals surface area (Å²) in [7, 11) is 8.43. The summed E-state index contributed by atoms with van der Waals surface area (Å²) in [6.07, 6.45) is 0.393. The summed E-state index contributed by atoms with van der Waals surface area (Å²) in [6, 6.07) is -4.83. The monoisotopic (exact) mass is 1280 g/mol. The molecule has 12 atom stereocenters. The molecule has 0 radical (unpaired) electrons. The minimum absolute atomic E-state index is 0.0981. The number of hydrogen-bond donors (Lipinski definition) is 3. The van der Waals surface area contributed by atoms with Crippen LogP contribution >= 0.6 is 0 Å². The Hall–Kier alpha value is -7.34. The molecular formula is C66H106N10O15. The van der Waals surface area contributed by atoms with Crippen molar-refractivity contribution < 1.29 is 71.7 Å². The second-order valence-electron chi connectivity index (χ2n) is 27.0. The number of amides is 10. The van der Waals surface area contributed by atoms with Crippen LogP contribution in [0.3, 0.4) is 0 Å². The van der Waals surface area contributed by atoms with Gasteiger partial charge < -0.3 is 64.5 Å². The van der Waals surface area contributed by atoms with Gasteiger partial charge in [-0.15, -0.1) is 0 Å². The Morgan fingerprint density at radius 1 is 0.615 bits per heavy atom. The van der Waals surface area contributed by atoms with Gasteiger partial charge >= 0.3 is 11.9 Å². The number of fused-ring (bicyclic) bond motifs is 1. The molecule has 1 aromatic rings. The fourth-order valence-corrected chi connectivity index (χ4v) is 12.5. The number of likely N-dealkylation sites (N-methyl/N-ethyl adjacent to an activating group) is 5. The third-order valence-corrected chi connectivity index (χ3v) is 18.1. The fourth-order valence-electron chi connectivity index (χ4n) is 12.5. The van der Waals surface area contributed by atoms with Crippen LogP contribution in [-0.2, 0) is 73.4 Å². The molecular weight excluding hydrogens is 1170 g/mol. The lowest BCUT2D eigenvalue weighted by Gasteiger charge is -2.41. The lowest BCUT2D eigenvalue weighted by molar-refractivity contribution is -0.165. The molecule has 0 saturated carbocycles. The second kappa shape index (κ2) is 33.3. The highest BCUT2D eigenvalue weighted by Crippen LogP contribution is 2.29. The molecule has 0 unspecified atom stereocenters. The van der Waals surface area contributed by atoms with Crippen LogP contribution in [-0.4, -0.2) is 233 Å². The number of ether oxygens (including phenoxy) is 3. The smallest absolute Gasteiger partial charge is 0.329 e. The van der Waals surface area contributed by atoms with Gasteiger partial charge in [-0.1, -0.05) is 94.2 Å². The standard InChI is InChI=1S/C66H106N10O15/c1-21-40(9)54-56(79)67-36-50(78)71(16)52(38(5)6)57(80)68-45(34-43-28-30-44(89-20)31-29-43)64(87)90-42(11)59(82)76-32-24-23-26-46(76)60(83)72(17)53(39(7)8)58(81)69-51(37(3)4)62(85)70(15)48(61(84)74(19)55(41(10)22-2)63(86)73(54)18)35-49(77)75-33-25-27-47(75)65(88)91-66(12,13)14/h28-31,37-42,45-48,51-55H,21-27,32-36H2,1-20H3,(H,67,79)(H,68,80)(H,69,81)/t40-,41-,42+,45-,46-,47-,48-,51-,52-,53-,54-,55-/m0/s1. The molecule has 3 aliphatic heterocycles. The number of carbonyl (C=O) groups is 12. The molecule has 25 nitrogen and oxygen atoms in total. The summed E-state index contributed by atoms with van der Waals surface area (Å²) in [6.45, 7) is 23.4. The number of nitrogens with zero attached hydrogens (tertiary/aromatic N) is 7. The number of carbonyl (C=O) groups excluding carboxylic acids is 12. The number of rotatable bonds is 13. The van der Waals surface area contributed by atoms with E-state index in [0.29, 0.717) is 43.4 Å². The van der Waals surface area contributed by atoms with Crippen LogP contribution in [0.5, 0.6) is 5.75 Å². The van der Waals surface area contributed by atoms with E-state index in [9.17, 15) is 43.2 Å². The second-order valence-corrected chi connectivity index (χ2v) is 27.0. The molecule has 3 heterocycles. The molecule has 3 aliphatic rings. The van der Waals surface area contributed by atoms with E-state index in [1.54, 1.807) is 100 Å². The molecule has 0 bridgehead atoms. The SMILES string of the molecule is CC[C@H](C)[C@H]1C(=O)NCC(=O)N(C)[C@@H](C(C)C)C(=O)N[C@@H](Cc2ccc(OC)cc2)C(=O)O[C@H](C)C(=O)N2CCCC[C@H]2C(=O)N(C)[C@@H](C(C)C)C(=O)N[C@@H](C(C)C)C(=O)N(C)[C@@H](CC(=O)N2CCC[C@H]2C(=O)OC(C)(C)C)C(=O)N(C)[C@@H]([C@@H](C)CC)C(=O)N1C. The van der Waals surface area contributed by atoms with Gasteiger partial charge in [0.15, 0.2) is 6.10 Å². The molecule has 0 aromatic heterocycles. The molecule has 0 aliphatic carbocycles. The van der Waals surface area contributed by atoms with Crippen molar-refractivity contribution in [1.82, 2.24) is 50.2 Å². The van der Waals surface area contributed by atoms with E-state index >= 15 is 14.4 Å². The van der Waals surface area contributed by atoms with Crippen molar-refractivity contribution in [1.29, 1.82) is 0 Å². The zero-order valence-corrected chi connectivity index (χ0v) is 57.7. The molecule has 25 heteroatoms. The van der Waals surface area contributed by atoms with Crippen LogP contribution in [0.4, 0.5) is 0 Å². The summed E-state index contributed by atoms with van der Waals surface area (Å²) in [4.78, 5) is 185. The van der Waals surface area contributed by atoms with Gasteiger partial charge in [-0.2, -0.15) is 0 Å². The number of benzene rings is 1. The van der Waals surface area contributed by atoms with Crippen LogP contribution in [0.25, 0.3) is 0 Å². The molecule has 3 saturated heterocycles. The van der Waals surface area contributed by atoms with Gasteiger partial charge in [0.1, 0.15) is 65.7 Å². The van der Waals surface area contributed by atoms with Crippen molar-refractivity contribution in [2.45, 2.75) is 221 Å². The Kier molecular flexibility index (Phi) is 27.9. The molecule has 10 amide bonds. The Morgan fingerprint density at radius 3 is 1.71 bits per heavy atom. The summed E-state index contributed by atoms with van der Waals surface area (Å²) in [5.74, 6) is -11.2. The van der Waals surface area contributed by atoms with Crippen molar-refractivity contribution in [2.75, 3.05) is 62.0 Å². The number of esters is 2. The van der Waals surface area contributed by atoms with Gasteiger partial charge in [-0.25, -0.2) is 9.59 Å². The summed E-state index contributed by atoms with van der Waals surface area (Å²) in [5.41, 5.74) is -0.309.